The maximum atomic E-state index is 13.7. The summed E-state index contributed by atoms with van der Waals surface area (Å²) < 4.78 is 27.3. The summed E-state index contributed by atoms with van der Waals surface area (Å²) in [7, 11) is 0. The zero-order chi connectivity index (χ0) is 14.2. The number of carbonyl (C=O) groups excluding carboxylic acids is 1. The molecule has 1 aliphatic rings. The van der Waals surface area contributed by atoms with Crippen molar-refractivity contribution in [3.63, 3.8) is 0 Å². The molecular formula is C14H18F2N2O. The molecule has 0 aromatic heterocycles. The molecule has 1 aliphatic carbocycles. The number of carbonyl (C=O) groups is 1. The number of halogens is 2. The molecule has 1 aromatic carbocycles. The maximum absolute atomic E-state index is 13.7. The summed E-state index contributed by atoms with van der Waals surface area (Å²) in [5.74, 6) is -2.61. The molecule has 0 spiro atoms. The van der Waals surface area contributed by atoms with E-state index in [-0.39, 0.29) is 17.1 Å². The van der Waals surface area contributed by atoms with Crippen molar-refractivity contribution in [3.8, 4) is 0 Å². The number of hydrogen-bond donors (Lipinski definition) is 2. The fourth-order valence-electron chi connectivity index (χ4n) is 2.59. The van der Waals surface area contributed by atoms with Crippen LogP contribution in [0, 0.1) is 17.0 Å². The smallest absolute Gasteiger partial charge is 0.257 e. The molecule has 5 heteroatoms. The molecule has 1 saturated carbocycles. The van der Waals surface area contributed by atoms with Gasteiger partial charge in [-0.3, -0.25) is 4.79 Å². The molecular weight excluding hydrogens is 250 g/mol. The van der Waals surface area contributed by atoms with Crippen molar-refractivity contribution in [2.75, 3.05) is 5.73 Å². The minimum atomic E-state index is -0.991. The van der Waals surface area contributed by atoms with Crippen LogP contribution in [0.2, 0.25) is 0 Å². The van der Waals surface area contributed by atoms with E-state index in [1.807, 2.05) is 0 Å². The zero-order valence-corrected chi connectivity index (χ0v) is 11.1. The van der Waals surface area contributed by atoms with Crippen molar-refractivity contribution in [3.05, 3.63) is 29.3 Å². The van der Waals surface area contributed by atoms with Gasteiger partial charge in [-0.25, -0.2) is 8.78 Å². The Balaban J connectivity index is 2.15. The van der Waals surface area contributed by atoms with Gasteiger partial charge in [0.2, 0.25) is 0 Å². The van der Waals surface area contributed by atoms with E-state index in [0.29, 0.717) is 0 Å². The molecule has 1 aromatic rings. The van der Waals surface area contributed by atoms with Gasteiger partial charge in [0.15, 0.2) is 5.82 Å². The van der Waals surface area contributed by atoms with Crippen LogP contribution in [0.4, 0.5) is 14.5 Å². The van der Waals surface area contributed by atoms with Gasteiger partial charge in [0.25, 0.3) is 5.91 Å². The fraction of sp³-hybridized carbons (Fsp3) is 0.500. The monoisotopic (exact) mass is 268 g/mol. The second kappa shape index (κ2) is 4.79. The van der Waals surface area contributed by atoms with E-state index in [4.69, 9.17) is 5.73 Å². The van der Waals surface area contributed by atoms with Crippen molar-refractivity contribution in [1.82, 2.24) is 5.32 Å². The molecule has 2 rings (SSSR count). The minimum absolute atomic E-state index is 0.0391. The average Bonchev–Trinajstić information content (AvgIpc) is 2.64. The molecule has 0 bridgehead atoms. The molecule has 1 fully saturated rings. The number of anilines is 1. The van der Waals surface area contributed by atoms with Gasteiger partial charge in [-0.2, -0.15) is 0 Å². The lowest BCUT2D eigenvalue weighted by Gasteiger charge is -2.18. The van der Waals surface area contributed by atoms with Crippen molar-refractivity contribution in [2.45, 2.75) is 39.2 Å². The Morgan fingerprint density at radius 1 is 1.42 bits per heavy atom. The number of amides is 1. The molecule has 1 amide bonds. The quantitative estimate of drug-likeness (QED) is 0.810. The summed E-state index contributed by atoms with van der Waals surface area (Å²) in [4.78, 5) is 12.0. The average molecular weight is 268 g/mol. The summed E-state index contributed by atoms with van der Waals surface area (Å²) in [5.41, 5.74) is 4.70. The first-order valence-electron chi connectivity index (χ1n) is 6.34. The van der Waals surface area contributed by atoms with Gasteiger partial charge >= 0.3 is 0 Å². The van der Waals surface area contributed by atoms with Gasteiger partial charge in [0.1, 0.15) is 11.4 Å². The first kappa shape index (κ1) is 13.8. The van der Waals surface area contributed by atoms with E-state index in [9.17, 15) is 13.6 Å². The van der Waals surface area contributed by atoms with Crippen LogP contribution in [0.1, 0.15) is 43.5 Å². The van der Waals surface area contributed by atoms with Gasteiger partial charge in [-0.1, -0.05) is 13.8 Å². The normalized spacial score (nSPS) is 21.4. The fourth-order valence-corrected chi connectivity index (χ4v) is 2.59. The lowest BCUT2D eigenvalue weighted by molar-refractivity contribution is 0.0927. The van der Waals surface area contributed by atoms with Crippen LogP contribution in [-0.2, 0) is 0 Å². The van der Waals surface area contributed by atoms with Crippen molar-refractivity contribution in [2.24, 2.45) is 5.41 Å². The highest BCUT2D eigenvalue weighted by Crippen LogP contribution is 2.37. The Kier molecular flexibility index (Phi) is 3.47. The predicted molar refractivity (Wildman–Crippen MR) is 69.7 cm³/mol. The molecule has 0 aliphatic heterocycles. The summed E-state index contributed by atoms with van der Waals surface area (Å²) >= 11 is 0. The van der Waals surface area contributed by atoms with Gasteiger partial charge in [-0.15, -0.1) is 0 Å². The number of benzene rings is 1. The molecule has 19 heavy (non-hydrogen) atoms. The molecule has 0 radical (unpaired) electrons. The predicted octanol–water partition coefficient (Wildman–Crippen LogP) is 2.86. The van der Waals surface area contributed by atoms with Crippen molar-refractivity contribution < 1.29 is 13.6 Å². The van der Waals surface area contributed by atoms with E-state index in [1.165, 1.54) is 0 Å². The largest absolute Gasteiger partial charge is 0.396 e. The molecule has 0 heterocycles. The van der Waals surface area contributed by atoms with E-state index in [0.717, 1.165) is 31.4 Å². The minimum Gasteiger partial charge on any atom is -0.396 e. The maximum Gasteiger partial charge on any atom is 0.257 e. The van der Waals surface area contributed by atoms with Crippen LogP contribution in [-0.4, -0.2) is 11.9 Å². The number of rotatable bonds is 2. The lowest BCUT2D eigenvalue weighted by Crippen LogP contribution is -2.34. The van der Waals surface area contributed by atoms with Crippen LogP contribution < -0.4 is 11.1 Å². The van der Waals surface area contributed by atoms with Crippen LogP contribution >= 0.6 is 0 Å². The Labute approximate surface area is 111 Å². The molecule has 3 N–H and O–H groups in total. The van der Waals surface area contributed by atoms with Gasteiger partial charge in [0, 0.05) is 6.04 Å². The van der Waals surface area contributed by atoms with Crippen LogP contribution in [0.25, 0.3) is 0 Å². The Hall–Kier alpha value is -1.65. The van der Waals surface area contributed by atoms with Crippen LogP contribution in [0.5, 0.6) is 0 Å². The highest BCUT2D eigenvalue weighted by atomic mass is 19.1. The number of nitrogens with two attached hydrogens (primary N) is 1. The van der Waals surface area contributed by atoms with E-state index in [2.05, 4.69) is 19.2 Å². The summed E-state index contributed by atoms with van der Waals surface area (Å²) in [6.45, 7) is 4.22. The molecule has 104 valence electrons. The molecule has 1 unspecified atom stereocenters. The molecule has 3 nitrogen and oxygen atoms in total. The second-order valence-electron chi connectivity index (χ2n) is 5.90. The third-order valence-electron chi connectivity index (χ3n) is 3.65. The van der Waals surface area contributed by atoms with Crippen molar-refractivity contribution >= 4 is 11.6 Å². The van der Waals surface area contributed by atoms with Gasteiger partial charge < -0.3 is 11.1 Å². The lowest BCUT2D eigenvalue weighted by atomic mass is 9.92. The number of hydrogen-bond acceptors (Lipinski definition) is 2. The Bertz CT molecular complexity index is 514. The highest BCUT2D eigenvalue weighted by molar-refractivity contribution is 5.95. The van der Waals surface area contributed by atoms with E-state index < -0.39 is 23.1 Å². The number of nitrogen functional groups attached to an aromatic ring is 1. The highest BCUT2D eigenvalue weighted by Gasteiger charge is 2.32. The Morgan fingerprint density at radius 3 is 2.68 bits per heavy atom. The SMILES string of the molecule is CC1(C)CCC(NC(=O)c2c(F)ccc(N)c2F)C1. The summed E-state index contributed by atoms with van der Waals surface area (Å²) in [6, 6.07) is 2.08. The third-order valence-corrected chi connectivity index (χ3v) is 3.65. The zero-order valence-electron chi connectivity index (χ0n) is 11.1. The Morgan fingerprint density at radius 2 is 2.11 bits per heavy atom. The van der Waals surface area contributed by atoms with Gasteiger partial charge in [-0.05, 0) is 36.8 Å². The van der Waals surface area contributed by atoms with E-state index >= 15 is 0 Å². The third kappa shape index (κ3) is 2.85. The topological polar surface area (TPSA) is 55.1 Å². The molecule has 0 saturated heterocycles. The van der Waals surface area contributed by atoms with Crippen LogP contribution in [0.3, 0.4) is 0 Å². The van der Waals surface area contributed by atoms with Gasteiger partial charge in [0.05, 0.1) is 5.69 Å². The summed E-state index contributed by atoms with van der Waals surface area (Å²) in [5, 5.41) is 2.69. The number of nitrogens with one attached hydrogen (secondary N) is 1. The first-order chi connectivity index (χ1) is 8.80. The van der Waals surface area contributed by atoms with Crippen LogP contribution in [0.15, 0.2) is 12.1 Å². The molecule has 1 atom stereocenters. The first-order valence-corrected chi connectivity index (χ1v) is 6.34. The second-order valence-corrected chi connectivity index (χ2v) is 5.90. The van der Waals surface area contributed by atoms with Crippen molar-refractivity contribution in [1.29, 1.82) is 0 Å². The standard InChI is InChI=1S/C14H18F2N2O/c1-14(2)6-5-8(7-14)18-13(19)11-9(15)3-4-10(17)12(11)16/h3-4,8H,5-7,17H2,1-2H3,(H,18,19). The van der Waals surface area contributed by atoms with E-state index in [1.54, 1.807) is 0 Å². The summed E-state index contributed by atoms with van der Waals surface area (Å²) in [6.07, 6.45) is 2.62.